The number of aromatic nitrogens is 2. The molecule has 1 amide bonds. The van der Waals surface area contributed by atoms with Gasteiger partial charge in [-0.05, 0) is 30.2 Å². The summed E-state index contributed by atoms with van der Waals surface area (Å²) >= 11 is 1.60. The Morgan fingerprint density at radius 3 is 2.51 bits per heavy atom. The summed E-state index contributed by atoms with van der Waals surface area (Å²) in [6.07, 6.45) is 4.43. The number of nitrogens with zero attached hydrogens (tertiary/aromatic N) is 4. The molecule has 194 valence electrons. The van der Waals surface area contributed by atoms with Crippen LogP contribution in [0.2, 0.25) is 0 Å². The van der Waals surface area contributed by atoms with Crippen molar-refractivity contribution in [3.05, 3.63) is 89.1 Å². The van der Waals surface area contributed by atoms with Crippen molar-refractivity contribution in [2.45, 2.75) is 24.4 Å². The first-order valence-corrected chi connectivity index (χ1v) is 13.7. The van der Waals surface area contributed by atoms with E-state index in [4.69, 9.17) is 14.7 Å². The maximum atomic E-state index is 12.0. The number of amides is 1. The number of carbonyl (C=O) groups excluding carboxylic acids is 1. The van der Waals surface area contributed by atoms with E-state index in [1.807, 2.05) is 43.3 Å². The Morgan fingerprint density at radius 1 is 1.05 bits per heavy atom. The second-order valence-corrected chi connectivity index (χ2v) is 9.82. The number of piperazine rings is 1. The minimum absolute atomic E-state index is 0.0470. The van der Waals surface area contributed by atoms with Gasteiger partial charge in [-0.2, -0.15) is 0 Å². The molecule has 0 saturated carbocycles. The third kappa shape index (κ3) is 8.15. The summed E-state index contributed by atoms with van der Waals surface area (Å²) in [5.74, 6) is 1.64. The average molecular weight is 518 g/mol. The standard InChI is InChI=1S/C29H35N5O2S/c1-3-30-28(35)25-13-11-24(12-14-25)22-37-29-31-26(21-36-2)20-27(32-29)34-18-16-33(17-19-34)15-7-10-23-8-5-4-6-9-23/h4-14,20H,3,15-19,21-22H2,1-2H3,(H,30,35)/b10-7+. The summed E-state index contributed by atoms with van der Waals surface area (Å²) < 4.78 is 5.37. The van der Waals surface area contributed by atoms with Crippen molar-refractivity contribution in [3.8, 4) is 0 Å². The van der Waals surface area contributed by atoms with Crippen molar-refractivity contribution >= 4 is 29.6 Å². The van der Waals surface area contributed by atoms with Crippen molar-refractivity contribution in [1.29, 1.82) is 0 Å². The van der Waals surface area contributed by atoms with Crippen LogP contribution in [-0.2, 0) is 17.1 Å². The number of thioether (sulfide) groups is 1. The Labute approximate surface area is 224 Å². The van der Waals surface area contributed by atoms with E-state index in [1.54, 1.807) is 18.9 Å². The highest BCUT2D eigenvalue weighted by Gasteiger charge is 2.19. The highest BCUT2D eigenvalue weighted by Crippen LogP contribution is 2.24. The predicted molar refractivity (Wildman–Crippen MR) is 151 cm³/mol. The largest absolute Gasteiger partial charge is 0.378 e. The molecule has 3 aromatic rings. The number of anilines is 1. The lowest BCUT2D eigenvalue weighted by molar-refractivity contribution is 0.0956. The van der Waals surface area contributed by atoms with Crippen molar-refractivity contribution < 1.29 is 9.53 Å². The molecule has 2 heterocycles. The van der Waals surface area contributed by atoms with Crippen LogP contribution >= 0.6 is 11.8 Å². The van der Waals surface area contributed by atoms with E-state index in [1.165, 1.54) is 5.56 Å². The van der Waals surface area contributed by atoms with Crippen LogP contribution in [-0.4, -0.2) is 67.2 Å². The minimum Gasteiger partial charge on any atom is -0.378 e. The van der Waals surface area contributed by atoms with Gasteiger partial charge in [0.1, 0.15) is 5.82 Å². The number of rotatable bonds is 11. The number of nitrogens with one attached hydrogen (secondary N) is 1. The molecule has 0 atom stereocenters. The van der Waals surface area contributed by atoms with Gasteiger partial charge in [0.2, 0.25) is 0 Å². The molecule has 0 unspecified atom stereocenters. The maximum Gasteiger partial charge on any atom is 0.251 e. The highest BCUT2D eigenvalue weighted by molar-refractivity contribution is 7.98. The number of carbonyl (C=O) groups is 1. The van der Waals surface area contributed by atoms with Gasteiger partial charge in [0.25, 0.3) is 5.91 Å². The first kappa shape index (κ1) is 26.9. The van der Waals surface area contributed by atoms with Gasteiger partial charge in [-0.1, -0.05) is 66.4 Å². The van der Waals surface area contributed by atoms with E-state index in [9.17, 15) is 4.79 Å². The fraction of sp³-hybridized carbons (Fsp3) is 0.345. The SMILES string of the molecule is CCNC(=O)c1ccc(CSc2nc(COC)cc(N3CCN(C/C=C/c4ccccc4)CC3)n2)cc1. The van der Waals surface area contributed by atoms with Gasteiger partial charge in [0.05, 0.1) is 12.3 Å². The van der Waals surface area contributed by atoms with Crippen molar-refractivity contribution in [3.63, 3.8) is 0 Å². The number of ether oxygens (including phenoxy) is 1. The number of benzene rings is 2. The topological polar surface area (TPSA) is 70.6 Å². The van der Waals surface area contributed by atoms with E-state index in [-0.39, 0.29) is 5.91 Å². The number of hydrogen-bond acceptors (Lipinski definition) is 7. The Bertz CT molecular complexity index is 1160. The molecule has 1 aliphatic heterocycles. The lowest BCUT2D eigenvalue weighted by Gasteiger charge is -2.35. The van der Waals surface area contributed by atoms with Gasteiger partial charge in [-0.25, -0.2) is 9.97 Å². The second kappa shape index (κ2) is 13.9. The summed E-state index contributed by atoms with van der Waals surface area (Å²) in [7, 11) is 1.69. The monoisotopic (exact) mass is 517 g/mol. The first-order valence-electron chi connectivity index (χ1n) is 12.7. The Hall–Kier alpha value is -3.20. The molecule has 0 spiro atoms. The molecular formula is C29H35N5O2S. The van der Waals surface area contributed by atoms with Gasteiger partial charge in [0.15, 0.2) is 5.16 Å². The molecular weight excluding hydrogens is 482 g/mol. The summed E-state index contributed by atoms with van der Waals surface area (Å²) in [5.41, 5.74) is 3.91. The van der Waals surface area contributed by atoms with Gasteiger partial charge in [-0.15, -0.1) is 0 Å². The summed E-state index contributed by atoms with van der Waals surface area (Å²) in [4.78, 5) is 26.4. The van der Waals surface area contributed by atoms with Crippen LogP contribution in [0.25, 0.3) is 6.08 Å². The molecule has 0 radical (unpaired) electrons. The van der Waals surface area contributed by atoms with Crippen LogP contribution in [0.1, 0.15) is 34.1 Å². The van der Waals surface area contributed by atoms with Gasteiger partial charge in [-0.3, -0.25) is 9.69 Å². The van der Waals surface area contributed by atoms with Gasteiger partial charge >= 0.3 is 0 Å². The van der Waals surface area contributed by atoms with Crippen LogP contribution in [0.3, 0.4) is 0 Å². The van der Waals surface area contributed by atoms with Crippen LogP contribution < -0.4 is 10.2 Å². The van der Waals surface area contributed by atoms with Gasteiger partial charge in [0, 0.05) is 63.8 Å². The lowest BCUT2D eigenvalue weighted by Crippen LogP contribution is -2.46. The lowest BCUT2D eigenvalue weighted by atomic mass is 10.1. The zero-order chi connectivity index (χ0) is 25.9. The highest BCUT2D eigenvalue weighted by atomic mass is 32.2. The molecule has 4 rings (SSSR count). The van der Waals surface area contributed by atoms with E-state index in [0.717, 1.165) is 60.7 Å². The Morgan fingerprint density at radius 2 is 1.81 bits per heavy atom. The van der Waals surface area contributed by atoms with Crippen molar-refractivity contribution in [2.24, 2.45) is 0 Å². The zero-order valence-corrected chi connectivity index (χ0v) is 22.4. The fourth-order valence-electron chi connectivity index (χ4n) is 4.13. The number of hydrogen-bond donors (Lipinski definition) is 1. The molecule has 1 aliphatic rings. The summed E-state index contributed by atoms with van der Waals surface area (Å²) in [6.45, 7) is 7.76. The van der Waals surface area contributed by atoms with Crippen molar-refractivity contribution in [2.75, 3.05) is 51.3 Å². The van der Waals surface area contributed by atoms with E-state index in [0.29, 0.717) is 18.7 Å². The van der Waals surface area contributed by atoms with Crippen LogP contribution in [0.5, 0.6) is 0 Å². The predicted octanol–water partition coefficient (Wildman–Crippen LogP) is 4.50. The van der Waals surface area contributed by atoms with Crippen LogP contribution in [0.4, 0.5) is 5.82 Å². The quantitative estimate of drug-likeness (QED) is 0.297. The molecule has 7 nitrogen and oxygen atoms in total. The normalized spacial score (nSPS) is 14.3. The minimum atomic E-state index is -0.0470. The molecule has 2 aromatic carbocycles. The summed E-state index contributed by atoms with van der Waals surface area (Å²) in [5, 5.41) is 3.57. The van der Waals surface area contributed by atoms with Gasteiger partial charge < -0.3 is 15.0 Å². The number of methoxy groups -OCH3 is 1. The molecule has 1 saturated heterocycles. The summed E-state index contributed by atoms with van der Waals surface area (Å²) in [6, 6.07) is 20.2. The molecule has 0 aliphatic carbocycles. The smallest absolute Gasteiger partial charge is 0.251 e. The molecule has 1 aromatic heterocycles. The first-order chi connectivity index (χ1) is 18.1. The van der Waals surface area contributed by atoms with E-state index < -0.39 is 0 Å². The molecule has 8 heteroatoms. The molecule has 1 N–H and O–H groups in total. The molecule has 0 bridgehead atoms. The van der Waals surface area contributed by atoms with Crippen LogP contribution in [0, 0.1) is 0 Å². The fourth-order valence-corrected chi connectivity index (χ4v) is 4.96. The average Bonchev–Trinajstić information content (AvgIpc) is 2.93. The maximum absolute atomic E-state index is 12.0. The third-order valence-corrected chi connectivity index (χ3v) is 7.05. The van der Waals surface area contributed by atoms with E-state index in [2.05, 4.69) is 51.5 Å². The zero-order valence-electron chi connectivity index (χ0n) is 21.6. The van der Waals surface area contributed by atoms with E-state index >= 15 is 0 Å². The second-order valence-electron chi connectivity index (χ2n) is 8.88. The Kier molecular flexibility index (Phi) is 10.1. The van der Waals surface area contributed by atoms with Crippen molar-refractivity contribution in [1.82, 2.24) is 20.2 Å². The Balaban J connectivity index is 1.34. The van der Waals surface area contributed by atoms with Crippen LogP contribution in [0.15, 0.2) is 71.9 Å². The molecule has 37 heavy (non-hydrogen) atoms. The third-order valence-electron chi connectivity index (χ3n) is 6.13. The molecule has 1 fully saturated rings.